The van der Waals surface area contributed by atoms with E-state index in [0.29, 0.717) is 11.4 Å². The average molecular weight is 452 g/mol. The maximum Gasteiger partial charge on any atom is 0.276 e. The Morgan fingerprint density at radius 2 is 1.90 bits per heavy atom. The van der Waals surface area contributed by atoms with Crippen LogP contribution in [-0.2, 0) is 12.8 Å². The molecule has 1 amide bonds. The Morgan fingerprint density at radius 3 is 2.71 bits per heavy atom. The minimum atomic E-state index is -0.299. The Bertz CT molecular complexity index is 1220. The zero-order valence-corrected chi connectivity index (χ0v) is 18.0. The number of nitrogens with zero attached hydrogens (tertiary/aromatic N) is 4. The number of fused-ring (bicyclic) bond motifs is 1. The molecule has 31 heavy (non-hydrogen) atoms. The van der Waals surface area contributed by atoms with Crippen molar-refractivity contribution in [2.24, 2.45) is 0 Å². The van der Waals surface area contributed by atoms with E-state index < -0.39 is 0 Å². The Balaban J connectivity index is 1.47. The molecule has 0 saturated carbocycles. The van der Waals surface area contributed by atoms with E-state index in [2.05, 4.69) is 20.6 Å². The molecule has 0 atom stereocenters. The molecule has 156 valence electrons. The van der Waals surface area contributed by atoms with Crippen molar-refractivity contribution in [1.29, 1.82) is 0 Å². The number of benzene rings is 2. The first-order chi connectivity index (χ1) is 15.2. The molecule has 1 N–H and O–H groups in total. The van der Waals surface area contributed by atoms with Crippen molar-refractivity contribution in [2.75, 3.05) is 5.32 Å². The number of anilines is 1. The van der Waals surface area contributed by atoms with Gasteiger partial charge in [-0.3, -0.25) is 4.79 Å². The van der Waals surface area contributed by atoms with Gasteiger partial charge in [-0.05, 0) is 62.1 Å². The van der Waals surface area contributed by atoms with Gasteiger partial charge in [-0.25, -0.2) is 9.07 Å². The number of hydrogen-bond acceptors (Lipinski definition) is 6. The van der Waals surface area contributed by atoms with Crippen LogP contribution in [0.3, 0.4) is 0 Å². The molecule has 0 bridgehead atoms. The molecule has 0 saturated heterocycles. The molecule has 2 aromatic heterocycles. The molecule has 0 radical (unpaired) electrons. The van der Waals surface area contributed by atoms with Crippen LogP contribution < -0.4 is 5.32 Å². The zero-order valence-electron chi connectivity index (χ0n) is 16.4. The standard InChI is InChI=1S/C22H18FN5OS2/c23-14-9-11-15(12-10-14)28-18-7-3-1-5-16(18)20(27-28)21(29)25-17-6-2-4-8-19(17)31-22-26-24-13-30-22/h2,4,6,8-13H,1,3,5,7H2,(H,25,29). The molecule has 0 fully saturated rings. The average Bonchev–Trinajstić information content (AvgIpc) is 3.44. The number of hydrogen-bond donors (Lipinski definition) is 1. The second-order valence-corrected chi connectivity index (χ2v) is 9.25. The van der Waals surface area contributed by atoms with Crippen LogP contribution >= 0.6 is 23.1 Å². The molecule has 2 aromatic carbocycles. The molecule has 0 spiro atoms. The predicted molar refractivity (Wildman–Crippen MR) is 119 cm³/mol. The molecule has 2 heterocycles. The number of aromatic nitrogens is 4. The summed E-state index contributed by atoms with van der Waals surface area (Å²) < 4.78 is 16.0. The number of amides is 1. The van der Waals surface area contributed by atoms with Crippen molar-refractivity contribution < 1.29 is 9.18 Å². The quantitative estimate of drug-likeness (QED) is 0.455. The maximum absolute atomic E-state index is 13.4. The maximum atomic E-state index is 13.4. The van der Waals surface area contributed by atoms with Crippen LogP contribution in [0.2, 0.25) is 0 Å². The van der Waals surface area contributed by atoms with Gasteiger partial charge in [0.15, 0.2) is 10.0 Å². The summed E-state index contributed by atoms with van der Waals surface area (Å²) in [7, 11) is 0. The molecule has 5 rings (SSSR count). The van der Waals surface area contributed by atoms with E-state index in [4.69, 9.17) is 0 Å². The van der Waals surface area contributed by atoms with Crippen molar-refractivity contribution in [3.05, 3.63) is 76.8 Å². The largest absolute Gasteiger partial charge is 0.320 e. The second-order valence-electron chi connectivity index (χ2n) is 7.13. The number of nitrogens with one attached hydrogen (secondary N) is 1. The molecule has 0 aliphatic heterocycles. The van der Waals surface area contributed by atoms with Gasteiger partial charge in [0.25, 0.3) is 5.91 Å². The smallest absolute Gasteiger partial charge is 0.276 e. The van der Waals surface area contributed by atoms with Gasteiger partial charge in [0.2, 0.25) is 0 Å². The number of carbonyl (C=O) groups excluding carboxylic acids is 1. The summed E-state index contributed by atoms with van der Waals surface area (Å²) in [6.07, 6.45) is 3.71. The van der Waals surface area contributed by atoms with E-state index in [1.54, 1.807) is 22.3 Å². The summed E-state index contributed by atoms with van der Waals surface area (Å²) >= 11 is 2.91. The number of carbonyl (C=O) groups is 1. The molecule has 1 aliphatic carbocycles. The van der Waals surface area contributed by atoms with Crippen molar-refractivity contribution in [3.8, 4) is 5.69 Å². The summed E-state index contributed by atoms with van der Waals surface area (Å²) in [5, 5.41) is 15.6. The van der Waals surface area contributed by atoms with E-state index in [1.807, 2.05) is 24.3 Å². The molecule has 1 aliphatic rings. The Morgan fingerprint density at radius 1 is 1.10 bits per heavy atom. The summed E-state index contributed by atoms with van der Waals surface area (Å²) in [4.78, 5) is 14.1. The lowest BCUT2D eigenvalue weighted by Crippen LogP contribution is -2.16. The summed E-state index contributed by atoms with van der Waals surface area (Å²) in [5.74, 6) is -0.545. The van der Waals surface area contributed by atoms with E-state index in [0.717, 1.165) is 51.9 Å². The van der Waals surface area contributed by atoms with Gasteiger partial charge in [0.05, 0.1) is 11.4 Å². The van der Waals surface area contributed by atoms with Crippen LogP contribution in [0.15, 0.2) is 63.3 Å². The zero-order chi connectivity index (χ0) is 21.2. The van der Waals surface area contributed by atoms with Gasteiger partial charge < -0.3 is 5.32 Å². The molecule has 0 unspecified atom stereocenters. The Hall–Kier alpha value is -3.04. The van der Waals surface area contributed by atoms with Crippen molar-refractivity contribution in [1.82, 2.24) is 20.0 Å². The van der Waals surface area contributed by atoms with E-state index in [1.165, 1.54) is 35.2 Å². The molecule has 4 aromatic rings. The minimum absolute atomic E-state index is 0.246. The molecule has 9 heteroatoms. The fraction of sp³-hybridized carbons (Fsp3) is 0.182. The van der Waals surface area contributed by atoms with Crippen LogP contribution in [0.4, 0.5) is 10.1 Å². The molecular weight excluding hydrogens is 433 g/mol. The third-order valence-corrected chi connectivity index (χ3v) is 6.99. The van der Waals surface area contributed by atoms with Crippen LogP contribution in [-0.4, -0.2) is 25.9 Å². The highest BCUT2D eigenvalue weighted by Gasteiger charge is 2.26. The van der Waals surface area contributed by atoms with E-state index in [9.17, 15) is 9.18 Å². The highest BCUT2D eigenvalue weighted by molar-refractivity contribution is 8.01. The SMILES string of the molecule is O=C(Nc1ccccc1Sc1nncs1)c1nn(-c2ccc(F)cc2)c2c1CCCC2. The number of halogens is 1. The topological polar surface area (TPSA) is 72.7 Å². The van der Waals surface area contributed by atoms with E-state index >= 15 is 0 Å². The lowest BCUT2D eigenvalue weighted by molar-refractivity contribution is 0.102. The second kappa shape index (κ2) is 8.60. The third-order valence-electron chi connectivity index (χ3n) is 5.14. The van der Waals surface area contributed by atoms with E-state index in [-0.39, 0.29) is 11.7 Å². The first-order valence-corrected chi connectivity index (χ1v) is 11.6. The summed E-state index contributed by atoms with van der Waals surface area (Å²) in [6, 6.07) is 13.8. The van der Waals surface area contributed by atoms with Gasteiger partial charge in [-0.15, -0.1) is 10.2 Å². The number of para-hydroxylation sites is 1. The van der Waals surface area contributed by atoms with Crippen molar-refractivity contribution in [3.63, 3.8) is 0 Å². The monoisotopic (exact) mass is 451 g/mol. The van der Waals surface area contributed by atoms with Gasteiger partial charge in [0.1, 0.15) is 11.3 Å². The third kappa shape index (κ3) is 4.11. The predicted octanol–water partition coefficient (Wildman–Crippen LogP) is 5.15. The van der Waals surface area contributed by atoms with Crippen LogP contribution in [0.1, 0.15) is 34.6 Å². The fourth-order valence-corrected chi connectivity index (χ4v) is 5.24. The van der Waals surface area contributed by atoms with Gasteiger partial charge in [0, 0.05) is 16.2 Å². The van der Waals surface area contributed by atoms with Gasteiger partial charge in [-0.1, -0.05) is 35.2 Å². The minimum Gasteiger partial charge on any atom is -0.320 e. The first-order valence-electron chi connectivity index (χ1n) is 9.90. The lowest BCUT2D eigenvalue weighted by Gasteiger charge is -2.14. The normalized spacial score (nSPS) is 13.1. The van der Waals surface area contributed by atoms with Crippen LogP contribution in [0.5, 0.6) is 0 Å². The fourth-order valence-electron chi connectivity index (χ4n) is 3.72. The van der Waals surface area contributed by atoms with Crippen LogP contribution in [0, 0.1) is 5.82 Å². The Labute approximate surface area is 186 Å². The lowest BCUT2D eigenvalue weighted by atomic mass is 9.95. The molecule has 6 nitrogen and oxygen atoms in total. The van der Waals surface area contributed by atoms with Crippen LogP contribution in [0.25, 0.3) is 5.69 Å². The molecular formula is C22H18FN5OS2. The van der Waals surface area contributed by atoms with Gasteiger partial charge in [-0.2, -0.15) is 5.10 Å². The highest BCUT2D eigenvalue weighted by Crippen LogP contribution is 2.34. The summed E-state index contributed by atoms with van der Waals surface area (Å²) in [5.41, 5.74) is 5.56. The number of rotatable bonds is 5. The summed E-state index contributed by atoms with van der Waals surface area (Å²) in [6.45, 7) is 0. The van der Waals surface area contributed by atoms with Crippen molar-refractivity contribution in [2.45, 2.75) is 34.9 Å². The van der Waals surface area contributed by atoms with Gasteiger partial charge >= 0.3 is 0 Å². The Kier molecular flexibility index (Phi) is 5.52. The van der Waals surface area contributed by atoms with Crippen molar-refractivity contribution >= 4 is 34.7 Å². The highest BCUT2D eigenvalue weighted by atomic mass is 32.2. The first kappa shape index (κ1) is 19.9.